The highest BCUT2D eigenvalue weighted by Crippen LogP contribution is 2.24. The average molecular weight is 315 g/mol. The third-order valence-electron chi connectivity index (χ3n) is 3.23. The van der Waals surface area contributed by atoms with Crippen LogP contribution >= 0.6 is 0 Å². The molecule has 0 saturated carbocycles. The van der Waals surface area contributed by atoms with Crippen molar-refractivity contribution in [2.24, 2.45) is 0 Å². The van der Waals surface area contributed by atoms with Gasteiger partial charge in [0.25, 0.3) is 0 Å². The van der Waals surface area contributed by atoms with Crippen LogP contribution in [0, 0.1) is 0 Å². The number of aliphatic carboxylic acids is 2. The molecule has 0 bridgehead atoms. The zero-order chi connectivity index (χ0) is 16.7. The number of nitrogens with zero attached hydrogens (tertiary/aromatic N) is 1. The van der Waals surface area contributed by atoms with Crippen molar-refractivity contribution in [2.45, 2.75) is 25.4 Å². The van der Waals surface area contributed by atoms with Crippen LogP contribution < -0.4 is 4.74 Å². The van der Waals surface area contributed by atoms with Crippen LogP contribution in [0.4, 0.5) is 0 Å². The molecule has 0 aliphatic rings. The molecule has 0 spiro atoms. The van der Waals surface area contributed by atoms with Gasteiger partial charge in [0.05, 0.1) is 12.8 Å². The van der Waals surface area contributed by atoms with Crippen LogP contribution in [0.1, 0.15) is 30.0 Å². The molecule has 120 valence electrons. The quantitative estimate of drug-likeness (QED) is 0.777. The summed E-state index contributed by atoms with van der Waals surface area (Å²) in [6.45, 7) is 0.333. The Morgan fingerprint density at radius 3 is 2.22 bits per heavy atom. The van der Waals surface area contributed by atoms with E-state index < -0.39 is 17.9 Å². The van der Waals surface area contributed by atoms with Gasteiger partial charge in [-0.3, -0.25) is 9.59 Å². The van der Waals surface area contributed by atoms with Crippen LogP contribution in [0.25, 0.3) is 0 Å². The van der Waals surface area contributed by atoms with E-state index in [0.717, 1.165) is 5.56 Å². The molecule has 0 saturated heterocycles. The topological polar surface area (TPSA) is 96.7 Å². The largest absolute Gasteiger partial charge is 0.481 e. The van der Waals surface area contributed by atoms with Gasteiger partial charge in [0, 0.05) is 17.7 Å². The standard InChI is InChI=1S/C17H17NO5/c19-16(20)9-13(10-17(21)22)14-7-4-8-15(18-14)23-11-12-5-2-1-3-6-12/h1-8,13H,9-11H2,(H,19,20)(H,21,22). The van der Waals surface area contributed by atoms with Crippen molar-refractivity contribution in [2.75, 3.05) is 0 Å². The highest BCUT2D eigenvalue weighted by molar-refractivity contribution is 5.72. The van der Waals surface area contributed by atoms with E-state index in [2.05, 4.69) is 4.98 Å². The predicted molar refractivity (Wildman–Crippen MR) is 82.3 cm³/mol. The van der Waals surface area contributed by atoms with Gasteiger partial charge in [0.15, 0.2) is 0 Å². The molecule has 0 unspecified atom stereocenters. The van der Waals surface area contributed by atoms with Crippen molar-refractivity contribution < 1.29 is 24.5 Å². The minimum Gasteiger partial charge on any atom is -0.481 e. The minimum absolute atomic E-state index is 0.290. The molecule has 0 fully saturated rings. The van der Waals surface area contributed by atoms with Crippen LogP contribution in [0.2, 0.25) is 0 Å². The number of hydrogen-bond donors (Lipinski definition) is 2. The summed E-state index contributed by atoms with van der Waals surface area (Å²) in [5, 5.41) is 17.9. The Kier molecular flexibility index (Phi) is 5.68. The summed E-state index contributed by atoms with van der Waals surface area (Å²) in [5.41, 5.74) is 1.38. The third kappa shape index (κ3) is 5.43. The Balaban J connectivity index is 2.10. The molecule has 2 N–H and O–H groups in total. The molecule has 0 amide bonds. The van der Waals surface area contributed by atoms with Crippen LogP contribution in [-0.2, 0) is 16.2 Å². The smallest absolute Gasteiger partial charge is 0.304 e. The highest BCUT2D eigenvalue weighted by Gasteiger charge is 2.20. The molecule has 2 aromatic rings. The van der Waals surface area contributed by atoms with E-state index in [0.29, 0.717) is 18.2 Å². The summed E-state index contributed by atoms with van der Waals surface area (Å²) in [6.07, 6.45) is -0.580. The predicted octanol–water partition coefficient (Wildman–Crippen LogP) is 2.69. The maximum Gasteiger partial charge on any atom is 0.304 e. The maximum absolute atomic E-state index is 10.9. The summed E-state index contributed by atoms with van der Waals surface area (Å²) in [4.78, 5) is 26.1. The second-order valence-electron chi connectivity index (χ2n) is 5.07. The number of carboxylic acids is 2. The average Bonchev–Trinajstić information content (AvgIpc) is 2.53. The van der Waals surface area contributed by atoms with Gasteiger partial charge in [-0.25, -0.2) is 4.98 Å². The molecule has 2 rings (SSSR count). The van der Waals surface area contributed by atoms with Gasteiger partial charge in [-0.05, 0) is 11.6 Å². The van der Waals surface area contributed by atoms with Crippen LogP contribution in [-0.4, -0.2) is 27.1 Å². The van der Waals surface area contributed by atoms with Crippen molar-refractivity contribution in [3.8, 4) is 5.88 Å². The Labute approximate surface area is 133 Å². The molecule has 0 radical (unpaired) electrons. The van der Waals surface area contributed by atoms with E-state index in [1.165, 1.54) is 0 Å². The second-order valence-corrected chi connectivity index (χ2v) is 5.07. The summed E-state index contributed by atoms with van der Waals surface area (Å²) in [6, 6.07) is 14.5. The summed E-state index contributed by atoms with van der Waals surface area (Å²) in [5.74, 6) is -2.47. The van der Waals surface area contributed by atoms with E-state index in [4.69, 9.17) is 14.9 Å². The number of hydrogen-bond acceptors (Lipinski definition) is 4. The molecule has 6 heteroatoms. The fourth-order valence-electron chi connectivity index (χ4n) is 2.17. The van der Waals surface area contributed by atoms with Crippen molar-refractivity contribution in [3.05, 3.63) is 59.8 Å². The first kappa shape index (κ1) is 16.5. The van der Waals surface area contributed by atoms with E-state index in [1.54, 1.807) is 18.2 Å². The first-order valence-electron chi connectivity index (χ1n) is 7.12. The molecule has 0 aliphatic carbocycles. The van der Waals surface area contributed by atoms with Gasteiger partial charge in [0.2, 0.25) is 5.88 Å². The number of aromatic nitrogens is 1. The van der Waals surface area contributed by atoms with Crippen molar-refractivity contribution >= 4 is 11.9 Å². The van der Waals surface area contributed by atoms with Crippen molar-refractivity contribution in [3.63, 3.8) is 0 Å². The monoisotopic (exact) mass is 315 g/mol. The van der Waals surface area contributed by atoms with Gasteiger partial charge in [-0.2, -0.15) is 0 Å². The molecular weight excluding hydrogens is 298 g/mol. The summed E-state index contributed by atoms with van der Waals surface area (Å²) in [7, 11) is 0. The lowest BCUT2D eigenvalue weighted by atomic mass is 9.97. The first-order chi connectivity index (χ1) is 11.0. The van der Waals surface area contributed by atoms with Gasteiger partial charge < -0.3 is 14.9 Å². The maximum atomic E-state index is 10.9. The Morgan fingerprint density at radius 2 is 1.61 bits per heavy atom. The number of ether oxygens (including phenoxy) is 1. The van der Waals surface area contributed by atoms with Gasteiger partial charge >= 0.3 is 11.9 Å². The Morgan fingerprint density at radius 1 is 0.957 bits per heavy atom. The fraction of sp³-hybridized carbons (Fsp3) is 0.235. The molecule has 23 heavy (non-hydrogen) atoms. The lowest BCUT2D eigenvalue weighted by Gasteiger charge is -2.13. The van der Waals surface area contributed by atoms with Crippen LogP contribution in [0.15, 0.2) is 48.5 Å². The van der Waals surface area contributed by atoms with E-state index in [1.807, 2.05) is 30.3 Å². The second kappa shape index (κ2) is 7.93. The fourth-order valence-corrected chi connectivity index (χ4v) is 2.17. The van der Waals surface area contributed by atoms with Crippen molar-refractivity contribution in [1.29, 1.82) is 0 Å². The third-order valence-corrected chi connectivity index (χ3v) is 3.23. The number of benzene rings is 1. The molecule has 1 heterocycles. The van der Waals surface area contributed by atoms with Gasteiger partial charge in [0.1, 0.15) is 6.61 Å². The summed E-state index contributed by atoms with van der Waals surface area (Å²) >= 11 is 0. The number of rotatable bonds is 8. The Hall–Kier alpha value is -2.89. The molecule has 6 nitrogen and oxygen atoms in total. The van der Waals surface area contributed by atoms with E-state index in [9.17, 15) is 9.59 Å². The molecule has 1 aromatic carbocycles. The molecular formula is C17H17NO5. The van der Waals surface area contributed by atoms with Crippen molar-refractivity contribution in [1.82, 2.24) is 4.98 Å². The van der Waals surface area contributed by atoms with Gasteiger partial charge in [-0.15, -0.1) is 0 Å². The number of carbonyl (C=O) groups is 2. The van der Waals surface area contributed by atoms with E-state index in [-0.39, 0.29) is 12.8 Å². The Bertz CT molecular complexity index is 656. The highest BCUT2D eigenvalue weighted by atomic mass is 16.5. The number of pyridine rings is 1. The molecule has 0 atom stereocenters. The SMILES string of the molecule is O=C(O)CC(CC(=O)O)c1cccc(OCc2ccccc2)n1. The minimum atomic E-state index is -1.06. The molecule has 0 aliphatic heterocycles. The first-order valence-corrected chi connectivity index (χ1v) is 7.12. The zero-order valence-electron chi connectivity index (χ0n) is 12.4. The van der Waals surface area contributed by atoms with Crippen LogP contribution in [0.3, 0.4) is 0 Å². The van der Waals surface area contributed by atoms with Crippen LogP contribution in [0.5, 0.6) is 5.88 Å². The van der Waals surface area contributed by atoms with Gasteiger partial charge in [-0.1, -0.05) is 36.4 Å². The lowest BCUT2D eigenvalue weighted by molar-refractivity contribution is -0.139. The van der Waals surface area contributed by atoms with E-state index >= 15 is 0 Å². The normalized spacial score (nSPS) is 10.5. The molecule has 1 aromatic heterocycles. The zero-order valence-corrected chi connectivity index (χ0v) is 12.4. The lowest BCUT2D eigenvalue weighted by Crippen LogP contribution is -2.13. The number of carboxylic acid groups (broad SMARTS) is 2. The summed E-state index contributed by atoms with van der Waals surface area (Å²) < 4.78 is 5.59.